The van der Waals surface area contributed by atoms with E-state index in [1.807, 2.05) is 42.2 Å². The van der Waals surface area contributed by atoms with Gasteiger partial charge in [0.25, 0.3) is 5.91 Å². The van der Waals surface area contributed by atoms with Crippen LogP contribution in [-0.2, 0) is 6.54 Å². The molecule has 0 spiro atoms. The highest BCUT2D eigenvalue weighted by molar-refractivity contribution is 5.98. The van der Waals surface area contributed by atoms with Crippen molar-refractivity contribution >= 4 is 16.8 Å². The largest absolute Gasteiger partial charge is 0.424 e. The normalized spacial score (nSPS) is 16.8. The Labute approximate surface area is 163 Å². The van der Waals surface area contributed by atoms with Gasteiger partial charge < -0.3 is 19.6 Å². The Morgan fingerprint density at radius 1 is 1.36 bits per heavy atom. The van der Waals surface area contributed by atoms with Crippen LogP contribution in [0.15, 0.2) is 46.5 Å². The number of hydrogen-bond donors (Lipinski definition) is 2. The van der Waals surface area contributed by atoms with Crippen LogP contribution in [0.25, 0.3) is 10.9 Å². The van der Waals surface area contributed by atoms with Gasteiger partial charge in [0.15, 0.2) is 0 Å². The number of nitrogens with one attached hydrogen (secondary N) is 2. The fourth-order valence-electron chi connectivity index (χ4n) is 3.76. The van der Waals surface area contributed by atoms with E-state index in [2.05, 4.69) is 26.6 Å². The highest BCUT2D eigenvalue weighted by Gasteiger charge is 2.25. The zero-order valence-corrected chi connectivity index (χ0v) is 16.2. The standard InChI is InChI=1S/C21H25N5O2/c1-3-26(21(27)19-11-15-7-4-5-10-18(15)23-19)17-9-6-8-16(12-17)22-13-20-25-24-14(2)28-20/h4-5,7,10-12,17,22-23H,3,6,8-9,13H2,1-2H3/t17-/m0/s1. The molecule has 0 bridgehead atoms. The molecule has 0 unspecified atom stereocenters. The minimum atomic E-state index is 0.0359. The van der Waals surface area contributed by atoms with Crippen LogP contribution in [0.4, 0.5) is 0 Å². The second-order valence-corrected chi connectivity index (χ2v) is 7.08. The van der Waals surface area contributed by atoms with Gasteiger partial charge >= 0.3 is 0 Å². The first-order valence-electron chi connectivity index (χ1n) is 9.76. The molecule has 1 amide bonds. The summed E-state index contributed by atoms with van der Waals surface area (Å²) < 4.78 is 5.41. The predicted octanol–water partition coefficient (Wildman–Crippen LogP) is 3.55. The molecule has 1 aliphatic rings. The Hall–Kier alpha value is -3.09. The number of H-pyrrole nitrogens is 1. The number of benzene rings is 1. The number of para-hydroxylation sites is 1. The van der Waals surface area contributed by atoms with Crippen molar-refractivity contribution in [3.8, 4) is 0 Å². The van der Waals surface area contributed by atoms with Gasteiger partial charge in [-0.25, -0.2) is 0 Å². The topological polar surface area (TPSA) is 87.0 Å². The third-order valence-electron chi connectivity index (χ3n) is 5.14. The molecular formula is C21H25N5O2. The van der Waals surface area contributed by atoms with Crippen molar-refractivity contribution in [2.24, 2.45) is 0 Å². The Morgan fingerprint density at radius 2 is 2.21 bits per heavy atom. The van der Waals surface area contributed by atoms with Gasteiger partial charge in [-0.05, 0) is 44.4 Å². The van der Waals surface area contributed by atoms with E-state index >= 15 is 0 Å². The molecule has 7 heteroatoms. The number of amides is 1. The average molecular weight is 379 g/mol. The van der Waals surface area contributed by atoms with Gasteiger partial charge in [0.2, 0.25) is 11.8 Å². The number of aromatic amines is 1. The number of rotatable bonds is 6. The minimum Gasteiger partial charge on any atom is -0.424 e. The van der Waals surface area contributed by atoms with Crippen LogP contribution in [0.3, 0.4) is 0 Å². The molecule has 0 saturated carbocycles. The van der Waals surface area contributed by atoms with E-state index in [9.17, 15) is 4.79 Å². The Balaban J connectivity index is 1.48. The fourth-order valence-corrected chi connectivity index (χ4v) is 3.76. The summed E-state index contributed by atoms with van der Waals surface area (Å²) >= 11 is 0. The molecular weight excluding hydrogens is 354 g/mol. The van der Waals surface area contributed by atoms with Crippen LogP contribution in [0.5, 0.6) is 0 Å². The van der Waals surface area contributed by atoms with Crippen molar-refractivity contribution in [3.63, 3.8) is 0 Å². The quantitative estimate of drug-likeness (QED) is 0.684. The lowest BCUT2D eigenvalue weighted by atomic mass is 9.98. The molecule has 1 atom stereocenters. The maximum atomic E-state index is 13.1. The summed E-state index contributed by atoms with van der Waals surface area (Å²) in [5.41, 5.74) is 2.74. The van der Waals surface area contributed by atoms with Gasteiger partial charge in [0.1, 0.15) is 5.69 Å². The van der Waals surface area contributed by atoms with Crippen LogP contribution in [0, 0.1) is 6.92 Å². The first kappa shape index (κ1) is 18.3. The lowest BCUT2D eigenvalue weighted by Gasteiger charge is -2.32. The second-order valence-electron chi connectivity index (χ2n) is 7.08. The summed E-state index contributed by atoms with van der Waals surface area (Å²) in [5, 5.41) is 12.3. The molecule has 3 aromatic rings. The number of carbonyl (C=O) groups is 1. The summed E-state index contributed by atoms with van der Waals surface area (Å²) in [7, 11) is 0. The molecule has 2 aromatic heterocycles. The first-order valence-corrected chi connectivity index (χ1v) is 9.76. The van der Waals surface area contributed by atoms with Crippen LogP contribution < -0.4 is 5.32 Å². The van der Waals surface area contributed by atoms with Crippen LogP contribution in [0.1, 0.15) is 48.5 Å². The SMILES string of the molecule is CCN(C(=O)c1cc2ccccc2[nH]1)[C@@H]1C=C(NCc2nnc(C)o2)CCC1. The van der Waals surface area contributed by atoms with Crippen LogP contribution in [0.2, 0.25) is 0 Å². The zero-order chi connectivity index (χ0) is 19.5. The number of allylic oxidation sites excluding steroid dienone is 1. The van der Waals surface area contributed by atoms with Gasteiger partial charge in [-0.3, -0.25) is 4.79 Å². The average Bonchev–Trinajstić information content (AvgIpc) is 3.33. The van der Waals surface area contributed by atoms with E-state index in [1.54, 1.807) is 6.92 Å². The highest BCUT2D eigenvalue weighted by Crippen LogP contribution is 2.23. The number of nitrogens with zero attached hydrogens (tertiary/aromatic N) is 3. The number of aryl methyl sites for hydroxylation is 1. The summed E-state index contributed by atoms with van der Waals surface area (Å²) in [4.78, 5) is 18.3. The number of likely N-dealkylation sites (N-methyl/N-ethyl adjacent to an activating group) is 1. The van der Waals surface area contributed by atoms with E-state index in [4.69, 9.17) is 4.42 Å². The van der Waals surface area contributed by atoms with Crippen molar-refractivity contribution in [1.29, 1.82) is 0 Å². The Bertz CT molecular complexity index is 970. The summed E-state index contributed by atoms with van der Waals surface area (Å²) in [6.45, 7) is 4.96. The van der Waals surface area contributed by atoms with Crippen molar-refractivity contribution in [2.75, 3.05) is 6.54 Å². The van der Waals surface area contributed by atoms with Crippen LogP contribution in [-0.4, -0.2) is 38.6 Å². The summed E-state index contributed by atoms with van der Waals surface area (Å²) in [6.07, 6.45) is 5.12. The Morgan fingerprint density at radius 3 is 2.96 bits per heavy atom. The van der Waals surface area contributed by atoms with Crippen molar-refractivity contribution in [1.82, 2.24) is 25.4 Å². The summed E-state index contributed by atoms with van der Waals surface area (Å²) in [5.74, 6) is 1.17. The van der Waals surface area contributed by atoms with E-state index in [0.717, 1.165) is 35.9 Å². The number of hydrogen-bond acceptors (Lipinski definition) is 5. The zero-order valence-electron chi connectivity index (χ0n) is 16.2. The molecule has 1 aromatic carbocycles. The lowest BCUT2D eigenvalue weighted by Crippen LogP contribution is -2.41. The molecule has 2 N–H and O–H groups in total. The molecule has 0 saturated heterocycles. The maximum absolute atomic E-state index is 13.1. The van der Waals surface area contributed by atoms with Crippen molar-refractivity contribution < 1.29 is 9.21 Å². The third kappa shape index (κ3) is 3.78. The first-order chi connectivity index (χ1) is 13.6. The van der Waals surface area contributed by atoms with Gasteiger partial charge in [-0.1, -0.05) is 18.2 Å². The smallest absolute Gasteiger partial charge is 0.270 e. The second kappa shape index (κ2) is 7.88. The minimum absolute atomic E-state index is 0.0359. The monoisotopic (exact) mass is 379 g/mol. The lowest BCUT2D eigenvalue weighted by molar-refractivity contribution is 0.0706. The summed E-state index contributed by atoms with van der Waals surface area (Å²) in [6, 6.07) is 9.96. The third-order valence-corrected chi connectivity index (χ3v) is 5.14. The number of fused-ring (bicyclic) bond motifs is 1. The fraction of sp³-hybridized carbons (Fsp3) is 0.381. The molecule has 7 nitrogen and oxygen atoms in total. The van der Waals surface area contributed by atoms with Gasteiger partial charge in [-0.2, -0.15) is 0 Å². The van der Waals surface area contributed by atoms with Crippen LogP contribution >= 0.6 is 0 Å². The number of carbonyl (C=O) groups excluding carboxylic acids is 1. The highest BCUT2D eigenvalue weighted by atomic mass is 16.4. The predicted molar refractivity (Wildman–Crippen MR) is 107 cm³/mol. The molecule has 28 heavy (non-hydrogen) atoms. The van der Waals surface area contributed by atoms with E-state index in [0.29, 0.717) is 30.6 Å². The maximum Gasteiger partial charge on any atom is 0.270 e. The van der Waals surface area contributed by atoms with E-state index in [1.165, 1.54) is 0 Å². The van der Waals surface area contributed by atoms with Crippen molar-refractivity contribution in [3.05, 3.63) is 59.6 Å². The number of aromatic nitrogens is 3. The molecule has 2 heterocycles. The Kier molecular flexibility index (Phi) is 5.14. The van der Waals surface area contributed by atoms with Gasteiger partial charge in [0, 0.05) is 30.1 Å². The molecule has 0 radical (unpaired) electrons. The van der Waals surface area contributed by atoms with E-state index < -0.39 is 0 Å². The van der Waals surface area contributed by atoms with Gasteiger partial charge in [0.05, 0.1) is 12.6 Å². The van der Waals surface area contributed by atoms with Gasteiger partial charge in [-0.15, -0.1) is 10.2 Å². The van der Waals surface area contributed by atoms with E-state index in [-0.39, 0.29) is 11.9 Å². The molecule has 1 aliphatic carbocycles. The molecule has 0 fully saturated rings. The molecule has 146 valence electrons. The van der Waals surface area contributed by atoms with Crippen molar-refractivity contribution in [2.45, 2.75) is 45.7 Å². The molecule has 0 aliphatic heterocycles. The molecule has 4 rings (SSSR count).